The van der Waals surface area contributed by atoms with E-state index in [4.69, 9.17) is 4.74 Å². The summed E-state index contributed by atoms with van der Waals surface area (Å²) in [5.41, 5.74) is 0.247. The van der Waals surface area contributed by atoms with Crippen LogP contribution in [0.3, 0.4) is 0 Å². The molecule has 0 aliphatic carbocycles. The first-order valence-electron chi connectivity index (χ1n) is 7.81. The Labute approximate surface area is 136 Å². The van der Waals surface area contributed by atoms with E-state index in [2.05, 4.69) is 5.32 Å². The van der Waals surface area contributed by atoms with Gasteiger partial charge in [0.15, 0.2) is 0 Å². The molecule has 2 heterocycles. The number of benzene rings is 1. The molecule has 1 aromatic rings. The lowest BCUT2D eigenvalue weighted by Crippen LogP contribution is -2.45. The van der Waals surface area contributed by atoms with Gasteiger partial charge in [0.2, 0.25) is 0 Å². The molecule has 1 unspecified atom stereocenters. The fraction of sp³-hybridized carbons (Fsp3) is 0.444. The summed E-state index contributed by atoms with van der Waals surface area (Å²) in [4.78, 5) is 26.0. The molecule has 0 aromatic heterocycles. The molecule has 0 spiro atoms. The summed E-state index contributed by atoms with van der Waals surface area (Å²) in [5, 5.41) is 3.23. The van der Waals surface area contributed by atoms with E-state index in [9.17, 15) is 9.59 Å². The maximum absolute atomic E-state index is 12.6. The van der Waals surface area contributed by atoms with E-state index in [1.165, 1.54) is 11.0 Å². The smallest absolute Gasteiger partial charge is 0.281 e. The van der Waals surface area contributed by atoms with Crippen LogP contribution in [0.25, 0.3) is 0 Å². The van der Waals surface area contributed by atoms with E-state index in [0.717, 1.165) is 6.42 Å². The molecular formula is C18H22N2O3. The summed E-state index contributed by atoms with van der Waals surface area (Å²) in [5.74, 6) is -0.638. The van der Waals surface area contributed by atoms with Crippen molar-refractivity contribution in [2.45, 2.75) is 51.4 Å². The number of nitrogens with one attached hydrogen (secondary N) is 1. The Morgan fingerprint density at radius 3 is 2.35 bits per heavy atom. The lowest BCUT2D eigenvalue weighted by Gasteiger charge is -2.28. The molecule has 1 aromatic carbocycles. The monoisotopic (exact) mass is 314 g/mol. The number of hydrogen-bond donors (Lipinski definition) is 1. The minimum absolute atomic E-state index is 0.0313. The van der Waals surface area contributed by atoms with Crippen LogP contribution in [0.5, 0.6) is 0 Å². The molecule has 2 aliphatic rings. The number of hydrogen-bond acceptors (Lipinski definition) is 4. The van der Waals surface area contributed by atoms with E-state index < -0.39 is 5.60 Å². The van der Waals surface area contributed by atoms with Crippen molar-refractivity contribution in [1.82, 2.24) is 5.32 Å². The number of carbonyl (C=O) groups excluding carboxylic acids is 2. The van der Waals surface area contributed by atoms with Crippen LogP contribution in [0.4, 0.5) is 5.69 Å². The maximum Gasteiger partial charge on any atom is 0.281 e. The van der Waals surface area contributed by atoms with Crippen molar-refractivity contribution < 1.29 is 14.3 Å². The van der Waals surface area contributed by atoms with E-state index in [1.807, 2.05) is 33.8 Å². The Bertz CT molecular complexity index is 677. The first-order chi connectivity index (χ1) is 10.7. The van der Waals surface area contributed by atoms with Gasteiger partial charge in [0.1, 0.15) is 5.70 Å². The van der Waals surface area contributed by atoms with Crippen molar-refractivity contribution in [1.29, 1.82) is 0 Å². The van der Waals surface area contributed by atoms with E-state index in [1.54, 1.807) is 24.3 Å². The highest BCUT2D eigenvalue weighted by atomic mass is 16.5. The highest BCUT2D eigenvalue weighted by Crippen LogP contribution is 2.38. The number of amides is 2. The van der Waals surface area contributed by atoms with Crippen molar-refractivity contribution in [3.63, 3.8) is 0 Å². The predicted molar refractivity (Wildman–Crippen MR) is 87.8 cm³/mol. The Hall–Kier alpha value is -2.14. The Morgan fingerprint density at radius 2 is 1.78 bits per heavy atom. The first kappa shape index (κ1) is 15.7. The van der Waals surface area contributed by atoms with Crippen molar-refractivity contribution >= 4 is 17.5 Å². The molecule has 0 saturated carbocycles. The zero-order valence-corrected chi connectivity index (χ0v) is 13.9. The minimum atomic E-state index is -0.409. The van der Waals surface area contributed by atoms with Gasteiger partial charge in [-0.1, -0.05) is 18.2 Å². The lowest BCUT2D eigenvalue weighted by molar-refractivity contribution is -0.120. The number of ether oxygens (including phenoxy) is 1. The number of nitrogens with zero attached hydrogens (tertiary/aromatic N) is 1. The summed E-state index contributed by atoms with van der Waals surface area (Å²) < 4.78 is 6.03. The summed E-state index contributed by atoms with van der Waals surface area (Å²) >= 11 is 0. The molecular weight excluding hydrogens is 292 g/mol. The molecule has 1 saturated heterocycles. The normalized spacial score (nSPS) is 25.7. The standard InChI is InChI=1S/C18H22N2O3/c1-17(2)11-14(18(3,4)23-17)19-13-10-15(21)20(16(13)22)12-8-6-5-7-9-12/h5-10,14,19H,11H2,1-4H3. The molecule has 1 fully saturated rings. The fourth-order valence-electron chi connectivity index (χ4n) is 3.37. The first-order valence-corrected chi connectivity index (χ1v) is 7.81. The van der Waals surface area contributed by atoms with Crippen LogP contribution in [-0.4, -0.2) is 29.1 Å². The van der Waals surface area contributed by atoms with Gasteiger partial charge in [0.25, 0.3) is 11.8 Å². The van der Waals surface area contributed by atoms with Gasteiger partial charge in [-0.3, -0.25) is 9.59 Å². The van der Waals surface area contributed by atoms with Crippen LogP contribution in [-0.2, 0) is 14.3 Å². The van der Waals surface area contributed by atoms with E-state index in [0.29, 0.717) is 11.4 Å². The molecule has 1 atom stereocenters. The van der Waals surface area contributed by atoms with Crippen molar-refractivity contribution in [3.8, 4) is 0 Å². The third kappa shape index (κ3) is 2.88. The fourth-order valence-corrected chi connectivity index (χ4v) is 3.37. The second kappa shape index (κ2) is 5.20. The Kier molecular flexibility index (Phi) is 3.56. The van der Waals surface area contributed by atoms with Gasteiger partial charge < -0.3 is 10.1 Å². The van der Waals surface area contributed by atoms with Crippen LogP contribution >= 0.6 is 0 Å². The quantitative estimate of drug-likeness (QED) is 0.870. The van der Waals surface area contributed by atoms with Gasteiger partial charge in [-0.05, 0) is 46.2 Å². The number of carbonyl (C=O) groups is 2. The third-order valence-electron chi connectivity index (χ3n) is 4.34. The van der Waals surface area contributed by atoms with Gasteiger partial charge in [0.05, 0.1) is 22.9 Å². The summed E-state index contributed by atoms with van der Waals surface area (Å²) in [7, 11) is 0. The van der Waals surface area contributed by atoms with Crippen LogP contribution in [0.1, 0.15) is 34.1 Å². The Balaban J connectivity index is 1.79. The summed E-state index contributed by atoms with van der Waals surface area (Å²) in [6.07, 6.45) is 2.14. The number of rotatable bonds is 3. The SMILES string of the molecule is CC1(C)CC(NC2=CC(=O)N(c3ccccc3)C2=O)C(C)(C)O1. The third-order valence-corrected chi connectivity index (χ3v) is 4.34. The number of imide groups is 1. The van der Waals surface area contributed by atoms with Gasteiger partial charge in [0, 0.05) is 6.08 Å². The van der Waals surface area contributed by atoms with Crippen LogP contribution in [0.2, 0.25) is 0 Å². The maximum atomic E-state index is 12.6. The molecule has 2 aliphatic heterocycles. The molecule has 2 amide bonds. The van der Waals surface area contributed by atoms with E-state index in [-0.39, 0.29) is 23.5 Å². The van der Waals surface area contributed by atoms with Crippen LogP contribution < -0.4 is 10.2 Å². The zero-order valence-electron chi connectivity index (χ0n) is 13.9. The lowest BCUT2D eigenvalue weighted by atomic mass is 9.94. The molecule has 23 heavy (non-hydrogen) atoms. The molecule has 3 rings (SSSR count). The second-order valence-corrected chi connectivity index (χ2v) is 7.24. The second-order valence-electron chi connectivity index (χ2n) is 7.24. The Morgan fingerprint density at radius 1 is 1.13 bits per heavy atom. The van der Waals surface area contributed by atoms with E-state index >= 15 is 0 Å². The average Bonchev–Trinajstić information content (AvgIpc) is 2.83. The molecule has 0 radical (unpaired) electrons. The molecule has 0 bridgehead atoms. The molecule has 1 N–H and O–H groups in total. The van der Waals surface area contributed by atoms with Gasteiger partial charge in [-0.2, -0.15) is 0 Å². The average molecular weight is 314 g/mol. The van der Waals surface area contributed by atoms with Gasteiger partial charge in [-0.25, -0.2) is 4.90 Å². The minimum Gasteiger partial charge on any atom is -0.375 e. The molecule has 5 heteroatoms. The molecule has 5 nitrogen and oxygen atoms in total. The number of anilines is 1. The predicted octanol–water partition coefficient (Wildman–Crippen LogP) is 2.38. The topological polar surface area (TPSA) is 58.6 Å². The largest absolute Gasteiger partial charge is 0.375 e. The van der Waals surface area contributed by atoms with Crippen LogP contribution in [0.15, 0.2) is 42.1 Å². The summed E-state index contributed by atoms with van der Waals surface area (Å²) in [6, 6.07) is 8.92. The highest BCUT2D eigenvalue weighted by molar-refractivity contribution is 6.30. The van der Waals surface area contributed by atoms with Crippen LogP contribution in [0, 0.1) is 0 Å². The zero-order chi connectivity index (χ0) is 16.8. The summed E-state index contributed by atoms with van der Waals surface area (Å²) in [6.45, 7) is 8.05. The van der Waals surface area contributed by atoms with Gasteiger partial charge in [-0.15, -0.1) is 0 Å². The van der Waals surface area contributed by atoms with Crippen molar-refractivity contribution in [2.24, 2.45) is 0 Å². The molecule has 122 valence electrons. The van der Waals surface area contributed by atoms with Crippen molar-refractivity contribution in [2.75, 3.05) is 4.90 Å². The highest BCUT2D eigenvalue weighted by Gasteiger charge is 2.47. The van der Waals surface area contributed by atoms with Gasteiger partial charge >= 0.3 is 0 Å². The van der Waals surface area contributed by atoms with Crippen molar-refractivity contribution in [3.05, 3.63) is 42.1 Å². The number of para-hydroxylation sites is 1.